The van der Waals surface area contributed by atoms with E-state index in [4.69, 9.17) is 16.7 Å². The average Bonchev–Trinajstić information content (AvgIpc) is 2.68. The van der Waals surface area contributed by atoms with Crippen LogP contribution in [-0.2, 0) is 13.0 Å². The quantitative estimate of drug-likeness (QED) is 0.591. The van der Waals surface area contributed by atoms with Gasteiger partial charge in [-0.15, -0.1) is 11.6 Å². The lowest BCUT2D eigenvalue weighted by Gasteiger charge is -2.04. The number of aryl methyl sites for hydroxylation is 1. The Hall–Kier alpha value is -1.28. The lowest BCUT2D eigenvalue weighted by Crippen LogP contribution is -1.99. The second-order valence-corrected chi connectivity index (χ2v) is 6.10. The molecule has 2 nitrogen and oxygen atoms in total. The monoisotopic (exact) mass is 288 g/mol. The number of rotatable bonds is 3. The van der Waals surface area contributed by atoms with Gasteiger partial charge in [0.15, 0.2) is 0 Å². The average molecular weight is 289 g/mol. The predicted octanol–water partition coefficient (Wildman–Crippen LogP) is 4.71. The van der Waals surface area contributed by atoms with Crippen molar-refractivity contribution in [2.45, 2.75) is 50.9 Å². The number of aromatic nitrogens is 2. The summed E-state index contributed by atoms with van der Waals surface area (Å²) in [5.74, 6) is 0. The van der Waals surface area contributed by atoms with Crippen molar-refractivity contribution in [3.8, 4) is 0 Å². The Morgan fingerprint density at radius 1 is 1.30 bits per heavy atom. The number of allylic oxidation sites excluding steroid dienone is 2. The van der Waals surface area contributed by atoms with Crippen molar-refractivity contribution in [1.82, 2.24) is 9.78 Å². The summed E-state index contributed by atoms with van der Waals surface area (Å²) in [5, 5.41) is 6.27. The van der Waals surface area contributed by atoms with Crippen molar-refractivity contribution in [3.63, 3.8) is 0 Å². The molecule has 1 unspecified atom stereocenters. The minimum atomic E-state index is 0.201. The lowest BCUT2D eigenvalue weighted by molar-refractivity contribution is 0.667. The van der Waals surface area contributed by atoms with E-state index in [1.54, 1.807) is 0 Å². The van der Waals surface area contributed by atoms with E-state index in [9.17, 15) is 0 Å². The van der Waals surface area contributed by atoms with Crippen LogP contribution in [0.4, 0.5) is 0 Å². The van der Waals surface area contributed by atoms with Crippen LogP contribution in [0.5, 0.6) is 0 Å². The van der Waals surface area contributed by atoms with Gasteiger partial charge < -0.3 is 0 Å². The summed E-state index contributed by atoms with van der Waals surface area (Å²) in [7, 11) is 0. The second-order valence-electron chi connectivity index (χ2n) is 5.54. The van der Waals surface area contributed by atoms with Gasteiger partial charge in [0.25, 0.3) is 0 Å². The van der Waals surface area contributed by atoms with Crippen LogP contribution in [0.3, 0.4) is 0 Å². The molecule has 1 aliphatic carbocycles. The summed E-state index contributed by atoms with van der Waals surface area (Å²) in [6.07, 6.45) is 7.95. The second kappa shape index (κ2) is 6.01. The van der Waals surface area contributed by atoms with Crippen LogP contribution in [0.2, 0.25) is 0 Å². The van der Waals surface area contributed by atoms with E-state index in [-0.39, 0.29) is 5.38 Å². The zero-order valence-corrected chi connectivity index (χ0v) is 12.7. The first-order valence-corrected chi connectivity index (χ1v) is 7.99. The first-order chi connectivity index (χ1) is 9.78. The third kappa shape index (κ3) is 2.76. The van der Waals surface area contributed by atoms with Gasteiger partial charge in [-0.25, -0.2) is 0 Å². The normalized spacial score (nSPS) is 19.9. The van der Waals surface area contributed by atoms with E-state index in [0.29, 0.717) is 0 Å². The molecule has 0 aliphatic heterocycles. The molecule has 3 rings (SSSR count). The Balaban J connectivity index is 1.94. The molecule has 2 aromatic rings. The maximum Gasteiger partial charge on any atom is 0.0743 e. The van der Waals surface area contributed by atoms with E-state index in [0.717, 1.165) is 25.8 Å². The summed E-state index contributed by atoms with van der Waals surface area (Å²) >= 11 is 6.33. The van der Waals surface area contributed by atoms with E-state index < -0.39 is 0 Å². The maximum atomic E-state index is 6.33. The van der Waals surface area contributed by atoms with Crippen LogP contribution in [0.25, 0.3) is 10.9 Å². The SMILES string of the molecule is CCn1nc(CC2=CC(Cl)CCCC2)c2ccccc21. The smallest absolute Gasteiger partial charge is 0.0743 e. The number of fused-ring (bicyclic) bond motifs is 1. The van der Waals surface area contributed by atoms with Crippen LogP contribution >= 0.6 is 11.6 Å². The van der Waals surface area contributed by atoms with Crippen LogP contribution < -0.4 is 0 Å². The molecule has 0 fully saturated rings. The van der Waals surface area contributed by atoms with Gasteiger partial charge in [0.2, 0.25) is 0 Å². The van der Waals surface area contributed by atoms with Crippen molar-refractivity contribution < 1.29 is 0 Å². The van der Waals surface area contributed by atoms with E-state index >= 15 is 0 Å². The molecular formula is C17H21ClN2. The van der Waals surface area contributed by atoms with Crippen molar-refractivity contribution >= 4 is 22.5 Å². The summed E-state index contributed by atoms with van der Waals surface area (Å²) in [6, 6.07) is 8.51. The molecule has 3 heteroatoms. The molecule has 106 valence electrons. The molecule has 1 aromatic heterocycles. The lowest BCUT2D eigenvalue weighted by atomic mass is 10.0. The van der Waals surface area contributed by atoms with Crippen molar-refractivity contribution in [1.29, 1.82) is 0 Å². The Morgan fingerprint density at radius 2 is 2.15 bits per heavy atom. The highest BCUT2D eigenvalue weighted by Crippen LogP contribution is 2.26. The molecule has 1 heterocycles. The van der Waals surface area contributed by atoms with Gasteiger partial charge in [0.05, 0.1) is 16.6 Å². The van der Waals surface area contributed by atoms with Gasteiger partial charge in [0.1, 0.15) is 0 Å². The Morgan fingerprint density at radius 3 is 3.00 bits per heavy atom. The fraction of sp³-hybridized carbons (Fsp3) is 0.471. The number of nitrogens with zero attached hydrogens (tertiary/aromatic N) is 2. The van der Waals surface area contributed by atoms with Crippen LogP contribution in [0.15, 0.2) is 35.9 Å². The third-order valence-corrected chi connectivity index (χ3v) is 4.42. The summed E-state index contributed by atoms with van der Waals surface area (Å²) < 4.78 is 2.10. The zero-order chi connectivity index (χ0) is 13.9. The first-order valence-electron chi connectivity index (χ1n) is 7.56. The molecule has 0 radical (unpaired) electrons. The van der Waals surface area contributed by atoms with Crippen molar-refractivity contribution in [2.75, 3.05) is 0 Å². The third-order valence-electron chi connectivity index (χ3n) is 4.07. The number of halogens is 1. The highest BCUT2D eigenvalue weighted by atomic mass is 35.5. The van der Waals surface area contributed by atoms with Crippen LogP contribution in [0.1, 0.15) is 38.3 Å². The van der Waals surface area contributed by atoms with E-state index in [2.05, 4.69) is 41.9 Å². The summed E-state index contributed by atoms with van der Waals surface area (Å²) in [5.41, 5.74) is 3.88. The molecule has 1 aliphatic rings. The molecule has 20 heavy (non-hydrogen) atoms. The fourth-order valence-electron chi connectivity index (χ4n) is 3.04. The number of hydrogen-bond acceptors (Lipinski definition) is 1. The largest absolute Gasteiger partial charge is 0.265 e. The van der Waals surface area contributed by atoms with Gasteiger partial charge in [0, 0.05) is 18.4 Å². The Labute approximate surface area is 125 Å². The van der Waals surface area contributed by atoms with Crippen LogP contribution in [-0.4, -0.2) is 15.2 Å². The highest BCUT2D eigenvalue weighted by Gasteiger charge is 2.14. The number of benzene rings is 1. The maximum absolute atomic E-state index is 6.33. The van der Waals surface area contributed by atoms with Crippen LogP contribution in [0, 0.1) is 0 Å². The number of hydrogen-bond donors (Lipinski definition) is 0. The standard InChI is InChI=1S/C17H21ClN2/c1-2-20-17-10-6-5-9-15(17)16(19-20)12-13-7-3-4-8-14(18)11-13/h5-6,9-11,14H,2-4,7-8,12H2,1H3. The van der Waals surface area contributed by atoms with Gasteiger partial charge >= 0.3 is 0 Å². The van der Waals surface area contributed by atoms with Crippen molar-refractivity contribution in [3.05, 3.63) is 41.6 Å². The van der Waals surface area contributed by atoms with Gasteiger partial charge in [-0.05, 0) is 32.3 Å². The molecule has 0 saturated carbocycles. The molecule has 0 bridgehead atoms. The van der Waals surface area contributed by atoms with Crippen molar-refractivity contribution in [2.24, 2.45) is 0 Å². The summed E-state index contributed by atoms with van der Waals surface area (Å²) in [6.45, 7) is 3.06. The fourth-order valence-corrected chi connectivity index (χ4v) is 3.38. The summed E-state index contributed by atoms with van der Waals surface area (Å²) in [4.78, 5) is 0. The molecule has 1 aromatic carbocycles. The highest BCUT2D eigenvalue weighted by molar-refractivity contribution is 6.21. The predicted molar refractivity (Wildman–Crippen MR) is 85.3 cm³/mol. The Kier molecular flexibility index (Phi) is 4.11. The van der Waals surface area contributed by atoms with E-state index in [1.807, 2.05) is 0 Å². The number of alkyl halides is 1. The zero-order valence-electron chi connectivity index (χ0n) is 12.0. The van der Waals surface area contributed by atoms with Gasteiger partial charge in [-0.1, -0.05) is 36.3 Å². The van der Waals surface area contributed by atoms with Gasteiger partial charge in [-0.3, -0.25) is 4.68 Å². The van der Waals surface area contributed by atoms with E-state index in [1.165, 1.54) is 35.0 Å². The molecule has 1 atom stereocenters. The Bertz CT molecular complexity index is 627. The number of para-hydroxylation sites is 1. The minimum absolute atomic E-state index is 0.201. The molecule has 0 spiro atoms. The molecule has 0 N–H and O–H groups in total. The topological polar surface area (TPSA) is 17.8 Å². The van der Waals surface area contributed by atoms with Gasteiger partial charge in [-0.2, -0.15) is 5.10 Å². The molecule has 0 saturated heterocycles. The molecule has 0 amide bonds. The first kappa shape index (κ1) is 13.7. The minimum Gasteiger partial charge on any atom is -0.265 e. The molecular weight excluding hydrogens is 268 g/mol.